The summed E-state index contributed by atoms with van der Waals surface area (Å²) < 4.78 is 16.4. The first-order valence-electron chi connectivity index (χ1n) is 5.20. The highest BCUT2D eigenvalue weighted by molar-refractivity contribution is 5.72. The van der Waals surface area contributed by atoms with Gasteiger partial charge in [-0.05, 0) is 6.92 Å². The fourth-order valence-corrected chi connectivity index (χ4v) is 2.88. The van der Waals surface area contributed by atoms with Gasteiger partial charge in [-0.25, -0.2) is 0 Å². The molecule has 5 atom stereocenters. The van der Waals surface area contributed by atoms with Crippen molar-refractivity contribution in [1.82, 2.24) is 0 Å². The van der Waals surface area contributed by atoms with Crippen LogP contribution in [0, 0.1) is 11.8 Å². The highest BCUT2D eigenvalue weighted by Gasteiger charge is 2.52. The van der Waals surface area contributed by atoms with Crippen LogP contribution >= 0.6 is 0 Å². The summed E-state index contributed by atoms with van der Waals surface area (Å²) in [6, 6.07) is 0. The minimum Gasteiger partial charge on any atom is -0.462 e. The van der Waals surface area contributed by atoms with Crippen LogP contribution in [0.2, 0.25) is 0 Å². The van der Waals surface area contributed by atoms with Crippen molar-refractivity contribution in [2.75, 3.05) is 6.61 Å². The second kappa shape index (κ2) is 2.94. The Hall–Kier alpha value is -0.610. The molecule has 2 saturated heterocycles. The summed E-state index contributed by atoms with van der Waals surface area (Å²) >= 11 is 0. The van der Waals surface area contributed by atoms with Gasteiger partial charge in [0.1, 0.15) is 6.10 Å². The van der Waals surface area contributed by atoms with Gasteiger partial charge in [0, 0.05) is 18.3 Å². The van der Waals surface area contributed by atoms with Gasteiger partial charge in [-0.2, -0.15) is 0 Å². The average Bonchev–Trinajstić information content (AvgIpc) is 2.59. The predicted octanol–water partition coefficient (Wildman–Crippen LogP) is 0.699. The van der Waals surface area contributed by atoms with E-state index in [1.807, 2.05) is 6.92 Å². The van der Waals surface area contributed by atoms with Crippen LogP contribution < -0.4 is 0 Å². The molecule has 3 fully saturated rings. The molecule has 0 aromatic rings. The quantitative estimate of drug-likeness (QED) is 0.537. The van der Waals surface area contributed by atoms with Crippen molar-refractivity contribution in [1.29, 1.82) is 0 Å². The minimum atomic E-state index is -0.106. The average molecular weight is 198 g/mol. The van der Waals surface area contributed by atoms with E-state index in [4.69, 9.17) is 14.2 Å². The molecule has 78 valence electrons. The standard InChI is InChI=1S/C10H14O4/c1-5-12-4-7-6-2-10(11)14-8(6)3-9(7)13-5/h5-9H,2-4H2,1H3/t5?,6-,7-,8+,9-/m1/s1. The van der Waals surface area contributed by atoms with Gasteiger partial charge >= 0.3 is 5.97 Å². The van der Waals surface area contributed by atoms with Gasteiger partial charge in [-0.1, -0.05) is 0 Å². The number of esters is 1. The van der Waals surface area contributed by atoms with Crippen molar-refractivity contribution in [2.24, 2.45) is 11.8 Å². The topological polar surface area (TPSA) is 44.8 Å². The second-order valence-electron chi connectivity index (χ2n) is 4.37. The molecule has 1 aliphatic carbocycles. The summed E-state index contributed by atoms with van der Waals surface area (Å²) in [5.74, 6) is 0.639. The summed E-state index contributed by atoms with van der Waals surface area (Å²) in [5.41, 5.74) is 0. The molecule has 2 heterocycles. The van der Waals surface area contributed by atoms with E-state index in [1.54, 1.807) is 0 Å². The molecule has 0 radical (unpaired) electrons. The normalized spacial score (nSPS) is 51.2. The van der Waals surface area contributed by atoms with Gasteiger partial charge < -0.3 is 14.2 Å². The molecule has 0 aromatic heterocycles. The van der Waals surface area contributed by atoms with Crippen molar-refractivity contribution < 1.29 is 19.0 Å². The molecule has 0 aromatic carbocycles. The molecule has 4 heteroatoms. The van der Waals surface area contributed by atoms with E-state index in [9.17, 15) is 4.79 Å². The Morgan fingerprint density at radius 3 is 3.00 bits per heavy atom. The largest absolute Gasteiger partial charge is 0.462 e. The van der Waals surface area contributed by atoms with Crippen molar-refractivity contribution in [2.45, 2.75) is 38.3 Å². The molecule has 1 saturated carbocycles. The highest BCUT2D eigenvalue weighted by atomic mass is 16.7. The van der Waals surface area contributed by atoms with Crippen LogP contribution in [0.15, 0.2) is 0 Å². The van der Waals surface area contributed by atoms with Gasteiger partial charge in [0.2, 0.25) is 0 Å². The Balaban J connectivity index is 1.77. The lowest BCUT2D eigenvalue weighted by molar-refractivity contribution is -0.224. The number of carbonyl (C=O) groups is 1. The molecule has 14 heavy (non-hydrogen) atoms. The number of carbonyl (C=O) groups excluding carboxylic acids is 1. The monoisotopic (exact) mass is 198 g/mol. The molecule has 0 spiro atoms. The van der Waals surface area contributed by atoms with Crippen LogP contribution in [-0.2, 0) is 19.0 Å². The lowest BCUT2D eigenvalue weighted by atomic mass is 9.92. The van der Waals surface area contributed by atoms with Gasteiger partial charge in [0.25, 0.3) is 0 Å². The lowest BCUT2D eigenvalue weighted by Gasteiger charge is -2.32. The summed E-state index contributed by atoms with van der Waals surface area (Å²) in [6.07, 6.45) is 1.63. The maximum absolute atomic E-state index is 11.1. The first kappa shape index (κ1) is 8.68. The number of rotatable bonds is 0. The molecule has 4 nitrogen and oxygen atoms in total. The van der Waals surface area contributed by atoms with E-state index in [1.165, 1.54) is 0 Å². The SMILES string of the molecule is CC1OC[C@@H]2[C@H]3CC(=O)O[C@H]3C[C@H]2O1. The number of hydrogen-bond donors (Lipinski definition) is 0. The third kappa shape index (κ3) is 1.17. The Kier molecular flexibility index (Phi) is 1.82. The number of ether oxygens (including phenoxy) is 3. The first-order chi connectivity index (χ1) is 6.74. The van der Waals surface area contributed by atoms with E-state index in [2.05, 4.69) is 0 Å². The fourth-order valence-electron chi connectivity index (χ4n) is 2.88. The Morgan fingerprint density at radius 1 is 1.29 bits per heavy atom. The van der Waals surface area contributed by atoms with Gasteiger partial charge in [0.05, 0.1) is 19.1 Å². The van der Waals surface area contributed by atoms with Gasteiger partial charge in [0.15, 0.2) is 6.29 Å². The number of fused-ring (bicyclic) bond motifs is 3. The minimum absolute atomic E-state index is 0.0583. The Morgan fingerprint density at radius 2 is 2.14 bits per heavy atom. The predicted molar refractivity (Wildman–Crippen MR) is 46.4 cm³/mol. The Labute approximate surface area is 82.5 Å². The van der Waals surface area contributed by atoms with E-state index < -0.39 is 0 Å². The molecular formula is C10H14O4. The smallest absolute Gasteiger partial charge is 0.306 e. The van der Waals surface area contributed by atoms with Crippen molar-refractivity contribution in [3.8, 4) is 0 Å². The molecule has 0 amide bonds. The third-order valence-corrected chi connectivity index (χ3v) is 3.54. The molecule has 1 unspecified atom stereocenters. The lowest BCUT2D eigenvalue weighted by Crippen LogP contribution is -2.37. The van der Waals surface area contributed by atoms with Crippen molar-refractivity contribution in [3.05, 3.63) is 0 Å². The van der Waals surface area contributed by atoms with Gasteiger partial charge in [-0.15, -0.1) is 0 Å². The van der Waals surface area contributed by atoms with Crippen LogP contribution in [0.5, 0.6) is 0 Å². The highest BCUT2D eigenvalue weighted by Crippen LogP contribution is 2.44. The fraction of sp³-hybridized carbons (Fsp3) is 0.900. The summed E-state index contributed by atoms with van der Waals surface area (Å²) in [4.78, 5) is 11.1. The third-order valence-electron chi connectivity index (χ3n) is 3.54. The zero-order valence-corrected chi connectivity index (χ0v) is 8.14. The number of hydrogen-bond acceptors (Lipinski definition) is 4. The summed E-state index contributed by atoms with van der Waals surface area (Å²) in [5, 5.41) is 0. The van der Waals surface area contributed by atoms with Crippen molar-refractivity contribution in [3.63, 3.8) is 0 Å². The van der Waals surface area contributed by atoms with E-state index >= 15 is 0 Å². The summed E-state index contributed by atoms with van der Waals surface area (Å²) in [7, 11) is 0. The Bertz CT molecular complexity index is 265. The maximum atomic E-state index is 11.1. The zero-order chi connectivity index (χ0) is 9.71. The molecule has 3 aliphatic rings. The van der Waals surface area contributed by atoms with Crippen LogP contribution in [0.3, 0.4) is 0 Å². The molecule has 3 rings (SSSR count). The maximum Gasteiger partial charge on any atom is 0.306 e. The molecule has 0 N–H and O–H groups in total. The van der Waals surface area contributed by atoms with Crippen LogP contribution in [-0.4, -0.2) is 31.1 Å². The van der Waals surface area contributed by atoms with Crippen LogP contribution in [0.1, 0.15) is 19.8 Å². The second-order valence-corrected chi connectivity index (χ2v) is 4.37. The van der Waals surface area contributed by atoms with Crippen molar-refractivity contribution >= 4 is 5.97 Å². The van der Waals surface area contributed by atoms with E-state index in [-0.39, 0.29) is 24.5 Å². The van der Waals surface area contributed by atoms with E-state index in [0.717, 1.165) is 6.42 Å². The molecule has 2 aliphatic heterocycles. The zero-order valence-electron chi connectivity index (χ0n) is 8.14. The van der Waals surface area contributed by atoms with Crippen LogP contribution in [0.4, 0.5) is 0 Å². The van der Waals surface area contributed by atoms with E-state index in [0.29, 0.717) is 24.9 Å². The van der Waals surface area contributed by atoms with Gasteiger partial charge in [-0.3, -0.25) is 4.79 Å². The molecule has 0 bridgehead atoms. The van der Waals surface area contributed by atoms with Crippen LogP contribution in [0.25, 0.3) is 0 Å². The first-order valence-corrected chi connectivity index (χ1v) is 5.20. The molecular weight excluding hydrogens is 184 g/mol. The summed E-state index contributed by atoms with van der Waals surface area (Å²) in [6.45, 7) is 2.62.